The topological polar surface area (TPSA) is 40.5 Å². The largest absolute Gasteiger partial charge is 0.508 e. The van der Waals surface area contributed by atoms with Crippen molar-refractivity contribution in [2.45, 2.75) is 20.3 Å². The van der Waals surface area contributed by atoms with E-state index in [2.05, 4.69) is 0 Å². The van der Waals surface area contributed by atoms with Crippen LogP contribution in [0, 0.1) is 6.92 Å². The molecule has 1 aromatic heterocycles. The van der Waals surface area contributed by atoms with Gasteiger partial charge in [-0.1, -0.05) is 6.92 Å². The number of aryl methyl sites for hydroxylation is 2. The van der Waals surface area contributed by atoms with Crippen LogP contribution < -0.4 is 0 Å². The monoisotopic (exact) mass is 234 g/mol. The zero-order chi connectivity index (χ0) is 11.7. The fourth-order valence-corrected chi connectivity index (χ4v) is 2.50. The first-order valence-corrected chi connectivity index (χ1v) is 6.10. The zero-order valence-corrected chi connectivity index (χ0v) is 10.1. The Morgan fingerprint density at radius 2 is 1.88 bits per heavy atom. The Labute approximate surface area is 98.8 Å². The minimum absolute atomic E-state index is 0.135. The minimum Gasteiger partial charge on any atom is -0.508 e. The molecule has 0 unspecified atom stereocenters. The molecule has 2 aromatic rings. The number of aromatic hydroxyl groups is 2. The third-order valence-electron chi connectivity index (χ3n) is 2.73. The van der Waals surface area contributed by atoms with Crippen LogP contribution in [0.25, 0.3) is 11.1 Å². The van der Waals surface area contributed by atoms with Crippen molar-refractivity contribution < 1.29 is 10.2 Å². The van der Waals surface area contributed by atoms with Crippen molar-refractivity contribution in [1.82, 2.24) is 0 Å². The second-order valence-corrected chi connectivity index (χ2v) is 4.86. The molecule has 0 saturated heterocycles. The van der Waals surface area contributed by atoms with Crippen LogP contribution in [0.15, 0.2) is 23.6 Å². The number of phenols is 2. The molecule has 84 valence electrons. The van der Waals surface area contributed by atoms with Gasteiger partial charge in [-0.05, 0) is 42.0 Å². The fraction of sp³-hybridized carbons (Fsp3) is 0.231. The summed E-state index contributed by atoms with van der Waals surface area (Å²) in [6.45, 7) is 4.01. The van der Waals surface area contributed by atoms with Gasteiger partial charge < -0.3 is 10.2 Å². The Kier molecular flexibility index (Phi) is 2.88. The molecule has 0 amide bonds. The van der Waals surface area contributed by atoms with Crippen LogP contribution in [-0.2, 0) is 6.42 Å². The number of phenolic OH excluding ortho intramolecular Hbond substituents is 2. The van der Waals surface area contributed by atoms with Gasteiger partial charge in [0.1, 0.15) is 11.5 Å². The highest BCUT2D eigenvalue weighted by Crippen LogP contribution is 2.38. The summed E-state index contributed by atoms with van der Waals surface area (Å²) in [6.07, 6.45) is 0.752. The SMILES string of the molecule is CCc1cc(-c2ccsc2C)c(O)cc1O. The van der Waals surface area contributed by atoms with Gasteiger partial charge in [0.2, 0.25) is 0 Å². The molecule has 3 heteroatoms. The third-order valence-corrected chi connectivity index (χ3v) is 3.57. The summed E-state index contributed by atoms with van der Waals surface area (Å²) < 4.78 is 0. The number of rotatable bonds is 2. The fourth-order valence-electron chi connectivity index (χ4n) is 1.79. The summed E-state index contributed by atoms with van der Waals surface area (Å²) in [5.74, 6) is 0.299. The molecule has 0 saturated carbocycles. The number of thiophene rings is 1. The molecule has 0 spiro atoms. The van der Waals surface area contributed by atoms with Crippen molar-refractivity contribution in [2.75, 3.05) is 0 Å². The highest BCUT2D eigenvalue weighted by molar-refractivity contribution is 7.10. The first kappa shape index (κ1) is 11.0. The summed E-state index contributed by atoms with van der Waals surface area (Å²) >= 11 is 1.65. The Hall–Kier alpha value is -1.48. The summed E-state index contributed by atoms with van der Waals surface area (Å²) in [4.78, 5) is 1.17. The molecular weight excluding hydrogens is 220 g/mol. The quantitative estimate of drug-likeness (QED) is 0.831. The smallest absolute Gasteiger partial charge is 0.127 e. The average Bonchev–Trinajstić information content (AvgIpc) is 2.65. The maximum absolute atomic E-state index is 9.85. The molecule has 1 aromatic carbocycles. The van der Waals surface area contributed by atoms with Crippen LogP contribution in [0.2, 0.25) is 0 Å². The lowest BCUT2D eigenvalue weighted by Gasteiger charge is -2.08. The predicted molar refractivity (Wildman–Crippen MR) is 67.2 cm³/mol. The van der Waals surface area contributed by atoms with Gasteiger partial charge in [-0.3, -0.25) is 0 Å². The van der Waals surface area contributed by atoms with Crippen LogP contribution in [0.3, 0.4) is 0 Å². The molecule has 0 radical (unpaired) electrons. The first-order valence-electron chi connectivity index (χ1n) is 5.22. The maximum atomic E-state index is 9.85. The molecular formula is C13H14O2S. The molecule has 1 heterocycles. The van der Waals surface area contributed by atoms with Gasteiger partial charge in [0.25, 0.3) is 0 Å². The van der Waals surface area contributed by atoms with E-state index in [0.717, 1.165) is 23.1 Å². The highest BCUT2D eigenvalue weighted by Gasteiger charge is 2.11. The molecule has 2 nitrogen and oxygen atoms in total. The van der Waals surface area contributed by atoms with Crippen molar-refractivity contribution >= 4 is 11.3 Å². The Morgan fingerprint density at radius 1 is 1.12 bits per heavy atom. The zero-order valence-electron chi connectivity index (χ0n) is 9.32. The molecule has 0 aliphatic rings. The van der Waals surface area contributed by atoms with Crippen LogP contribution in [-0.4, -0.2) is 10.2 Å². The maximum Gasteiger partial charge on any atom is 0.127 e. The second kappa shape index (κ2) is 4.18. The van der Waals surface area contributed by atoms with Crippen molar-refractivity contribution in [3.05, 3.63) is 34.0 Å². The van der Waals surface area contributed by atoms with Gasteiger partial charge >= 0.3 is 0 Å². The Morgan fingerprint density at radius 3 is 2.44 bits per heavy atom. The Bertz CT molecular complexity index is 515. The van der Waals surface area contributed by atoms with Gasteiger partial charge in [-0.25, -0.2) is 0 Å². The van der Waals surface area contributed by atoms with Gasteiger partial charge in [-0.2, -0.15) is 0 Å². The summed E-state index contributed by atoms with van der Waals surface area (Å²) in [7, 11) is 0. The van der Waals surface area contributed by atoms with E-state index in [0.29, 0.717) is 0 Å². The lowest BCUT2D eigenvalue weighted by molar-refractivity contribution is 0.447. The summed E-state index contributed by atoms with van der Waals surface area (Å²) in [5.41, 5.74) is 2.70. The average molecular weight is 234 g/mol. The lowest BCUT2D eigenvalue weighted by atomic mass is 10.0. The number of hydrogen-bond donors (Lipinski definition) is 2. The van der Waals surface area contributed by atoms with Crippen molar-refractivity contribution in [2.24, 2.45) is 0 Å². The highest BCUT2D eigenvalue weighted by atomic mass is 32.1. The molecule has 0 bridgehead atoms. The summed E-state index contributed by atoms with van der Waals surface area (Å²) in [5, 5.41) is 21.5. The molecule has 0 aliphatic heterocycles. The summed E-state index contributed by atoms with van der Waals surface area (Å²) in [6, 6.07) is 5.27. The van der Waals surface area contributed by atoms with E-state index in [1.807, 2.05) is 31.4 Å². The Balaban J connectivity index is 2.61. The van der Waals surface area contributed by atoms with Crippen molar-refractivity contribution in [3.63, 3.8) is 0 Å². The number of hydrogen-bond acceptors (Lipinski definition) is 3. The molecule has 0 atom stereocenters. The van der Waals surface area contributed by atoms with E-state index in [-0.39, 0.29) is 11.5 Å². The standard InChI is InChI=1S/C13H14O2S/c1-3-9-6-11(13(15)7-12(9)14)10-4-5-16-8(10)2/h4-7,14-15H,3H2,1-2H3. The molecule has 0 aliphatic carbocycles. The van der Waals surface area contributed by atoms with Crippen LogP contribution in [0.5, 0.6) is 11.5 Å². The van der Waals surface area contributed by atoms with Gasteiger partial charge in [0, 0.05) is 16.5 Å². The first-order chi connectivity index (χ1) is 7.63. The van der Waals surface area contributed by atoms with Gasteiger partial charge in [0.15, 0.2) is 0 Å². The van der Waals surface area contributed by atoms with E-state index >= 15 is 0 Å². The lowest BCUT2D eigenvalue weighted by Crippen LogP contribution is -1.86. The third kappa shape index (κ3) is 1.78. The molecule has 2 N–H and O–H groups in total. The van der Waals surface area contributed by atoms with E-state index < -0.39 is 0 Å². The van der Waals surface area contributed by atoms with Crippen molar-refractivity contribution in [1.29, 1.82) is 0 Å². The second-order valence-electron chi connectivity index (χ2n) is 3.74. The minimum atomic E-state index is 0.135. The van der Waals surface area contributed by atoms with E-state index in [4.69, 9.17) is 0 Å². The number of benzene rings is 1. The predicted octanol–water partition coefficient (Wildman–Crippen LogP) is 3.70. The normalized spacial score (nSPS) is 10.6. The molecule has 2 rings (SSSR count). The van der Waals surface area contributed by atoms with Gasteiger partial charge in [-0.15, -0.1) is 11.3 Å². The van der Waals surface area contributed by atoms with E-state index in [9.17, 15) is 10.2 Å². The van der Waals surface area contributed by atoms with E-state index in [1.54, 1.807) is 11.3 Å². The van der Waals surface area contributed by atoms with E-state index in [1.165, 1.54) is 10.9 Å². The van der Waals surface area contributed by atoms with Crippen LogP contribution >= 0.6 is 11.3 Å². The van der Waals surface area contributed by atoms with Gasteiger partial charge in [0.05, 0.1) is 0 Å². The van der Waals surface area contributed by atoms with Crippen molar-refractivity contribution in [3.8, 4) is 22.6 Å². The van der Waals surface area contributed by atoms with Crippen LogP contribution in [0.4, 0.5) is 0 Å². The van der Waals surface area contributed by atoms with Crippen LogP contribution in [0.1, 0.15) is 17.4 Å². The molecule has 16 heavy (non-hydrogen) atoms. The molecule has 0 fully saturated rings.